The third-order valence-electron chi connectivity index (χ3n) is 3.97. The van der Waals surface area contributed by atoms with E-state index in [0.717, 1.165) is 9.87 Å². The predicted octanol–water partition coefficient (Wildman–Crippen LogP) is 4.71. The van der Waals surface area contributed by atoms with Crippen LogP contribution in [0, 0.1) is 5.82 Å². The highest BCUT2D eigenvalue weighted by atomic mass is 32.1. The van der Waals surface area contributed by atoms with Gasteiger partial charge in [0.2, 0.25) is 0 Å². The Kier molecular flexibility index (Phi) is 4.86. The molecule has 2 amide bonds. The van der Waals surface area contributed by atoms with Crippen LogP contribution in [-0.4, -0.2) is 21.0 Å². The molecule has 0 saturated carbocycles. The second kappa shape index (κ2) is 7.61. The number of carbonyl (C=O) groups is 1. The number of hydrogen-bond acceptors (Lipinski definition) is 5. The minimum Gasteiger partial charge on any atom is -0.291 e. The molecular formula is C20H14FN5OS. The smallest absolute Gasteiger partial charge is 0.291 e. The summed E-state index contributed by atoms with van der Waals surface area (Å²) in [5, 5.41) is 2.64. The lowest BCUT2D eigenvalue weighted by Gasteiger charge is -2.16. The number of halogens is 1. The van der Waals surface area contributed by atoms with Gasteiger partial charge in [0.05, 0.1) is 17.6 Å². The van der Waals surface area contributed by atoms with Crippen LogP contribution >= 0.6 is 12.8 Å². The van der Waals surface area contributed by atoms with Gasteiger partial charge in [-0.1, -0.05) is 43.1 Å². The maximum Gasteiger partial charge on any atom is 0.337 e. The summed E-state index contributed by atoms with van der Waals surface area (Å²) in [5.74, 6) is -0.0898. The van der Waals surface area contributed by atoms with Crippen LogP contribution in [0.3, 0.4) is 0 Å². The zero-order valence-electron chi connectivity index (χ0n) is 14.5. The maximum atomic E-state index is 13.0. The van der Waals surface area contributed by atoms with Gasteiger partial charge < -0.3 is 0 Å². The molecule has 2 aromatic heterocycles. The Hall–Kier alpha value is -3.52. The van der Waals surface area contributed by atoms with Crippen LogP contribution in [0.15, 0.2) is 72.9 Å². The van der Waals surface area contributed by atoms with Crippen LogP contribution in [0.1, 0.15) is 0 Å². The summed E-state index contributed by atoms with van der Waals surface area (Å²) in [6.45, 7) is 0. The number of aromatic nitrogens is 3. The van der Waals surface area contributed by atoms with E-state index in [4.69, 9.17) is 0 Å². The molecule has 4 aromatic rings. The van der Waals surface area contributed by atoms with E-state index in [1.165, 1.54) is 24.3 Å². The van der Waals surface area contributed by atoms with E-state index in [0.29, 0.717) is 28.4 Å². The molecule has 0 aliphatic carbocycles. The van der Waals surface area contributed by atoms with Crippen molar-refractivity contribution in [3.8, 4) is 11.3 Å². The van der Waals surface area contributed by atoms with Gasteiger partial charge in [-0.05, 0) is 36.4 Å². The molecule has 138 valence electrons. The Morgan fingerprint density at radius 2 is 1.71 bits per heavy atom. The fraction of sp³-hybridized carbons (Fsp3) is 0. The van der Waals surface area contributed by atoms with Crippen LogP contribution in [0.4, 0.5) is 20.7 Å². The van der Waals surface area contributed by atoms with Gasteiger partial charge in [-0.25, -0.2) is 23.5 Å². The highest BCUT2D eigenvalue weighted by Gasteiger charge is 2.14. The summed E-state index contributed by atoms with van der Waals surface area (Å²) in [6, 6.07) is 17.9. The summed E-state index contributed by atoms with van der Waals surface area (Å²) in [7, 11) is 0. The number of amides is 2. The fourth-order valence-electron chi connectivity index (χ4n) is 2.58. The summed E-state index contributed by atoms with van der Waals surface area (Å²) in [5.41, 5.74) is 3.05. The predicted molar refractivity (Wildman–Crippen MR) is 110 cm³/mol. The van der Waals surface area contributed by atoms with E-state index in [9.17, 15) is 9.18 Å². The van der Waals surface area contributed by atoms with Crippen molar-refractivity contribution in [2.24, 2.45) is 0 Å². The Labute approximate surface area is 165 Å². The van der Waals surface area contributed by atoms with Crippen molar-refractivity contribution in [1.82, 2.24) is 15.0 Å². The Morgan fingerprint density at radius 3 is 2.46 bits per heavy atom. The molecule has 2 aromatic carbocycles. The highest BCUT2D eigenvalue weighted by Crippen LogP contribution is 2.21. The highest BCUT2D eigenvalue weighted by molar-refractivity contribution is 7.82. The van der Waals surface area contributed by atoms with E-state index >= 15 is 0 Å². The molecule has 6 nitrogen and oxygen atoms in total. The fourth-order valence-corrected chi connectivity index (χ4v) is 2.76. The molecule has 1 N–H and O–H groups in total. The second-order valence-corrected chi connectivity index (χ2v) is 6.28. The summed E-state index contributed by atoms with van der Waals surface area (Å²) in [6.07, 6.45) is 1.68. The summed E-state index contributed by atoms with van der Waals surface area (Å²) >= 11 is 4.16. The standard InChI is InChI=1S/C20H14FN5OS/c21-14-6-8-15(9-7-14)26(28)20(27)25-18-11-10-16-19(24-18)23-17(12-22-16)13-4-2-1-3-5-13/h1-12,28H,(H,23,24,25,27). The third kappa shape index (κ3) is 3.77. The van der Waals surface area contributed by atoms with E-state index in [1.54, 1.807) is 18.3 Å². The van der Waals surface area contributed by atoms with Gasteiger partial charge in [0.25, 0.3) is 0 Å². The van der Waals surface area contributed by atoms with E-state index in [2.05, 4.69) is 33.1 Å². The van der Waals surface area contributed by atoms with Crippen molar-refractivity contribution < 1.29 is 9.18 Å². The first-order valence-electron chi connectivity index (χ1n) is 8.35. The minimum absolute atomic E-state index is 0.304. The van der Waals surface area contributed by atoms with Crippen molar-refractivity contribution in [3.63, 3.8) is 0 Å². The van der Waals surface area contributed by atoms with Gasteiger partial charge in [-0.15, -0.1) is 0 Å². The second-order valence-electron chi connectivity index (χ2n) is 5.88. The van der Waals surface area contributed by atoms with E-state index < -0.39 is 11.8 Å². The normalized spacial score (nSPS) is 10.6. The lowest BCUT2D eigenvalue weighted by atomic mass is 10.2. The van der Waals surface area contributed by atoms with Crippen molar-refractivity contribution in [3.05, 3.63) is 78.7 Å². The van der Waals surface area contributed by atoms with Crippen LogP contribution in [0.2, 0.25) is 0 Å². The molecule has 0 bridgehead atoms. The van der Waals surface area contributed by atoms with Crippen LogP contribution in [-0.2, 0) is 0 Å². The monoisotopic (exact) mass is 391 g/mol. The molecule has 8 heteroatoms. The van der Waals surface area contributed by atoms with E-state index in [1.807, 2.05) is 30.3 Å². The van der Waals surface area contributed by atoms with Crippen molar-refractivity contribution in [2.45, 2.75) is 0 Å². The Bertz CT molecular complexity index is 1140. The maximum absolute atomic E-state index is 13.0. The third-order valence-corrected chi connectivity index (χ3v) is 4.39. The molecule has 0 fully saturated rings. The molecule has 0 saturated heterocycles. The van der Waals surface area contributed by atoms with Crippen LogP contribution in [0.5, 0.6) is 0 Å². The van der Waals surface area contributed by atoms with Gasteiger partial charge >= 0.3 is 6.03 Å². The van der Waals surface area contributed by atoms with Gasteiger partial charge in [-0.3, -0.25) is 10.3 Å². The Morgan fingerprint density at radius 1 is 0.964 bits per heavy atom. The number of benzene rings is 2. The van der Waals surface area contributed by atoms with Crippen LogP contribution < -0.4 is 9.62 Å². The number of carbonyl (C=O) groups excluding carboxylic acids is 1. The average Bonchev–Trinajstić information content (AvgIpc) is 2.74. The first-order valence-corrected chi connectivity index (χ1v) is 8.75. The molecule has 0 aliphatic heterocycles. The Balaban J connectivity index is 1.58. The SMILES string of the molecule is O=C(Nc1ccc2ncc(-c3ccccc3)nc2n1)N(S)c1ccc(F)cc1. The number of rotatable bonds is 3. The molecule has 2 heterocycles. The van der Waals surface area contributed by atoms with Gasteiger partial charge in [0.1, 0.15) is 17.2 Å². The number of nitrogens with zero attached hydrogens (tertiary/aromatic N) is 4. The number of pyridine rings is 1. The zero-order valence-corrected chi connectivity index (χ0v) is 15.3. The van der Waals surface area contributed by atoms with Crippen molar-refractivity contribution >= 4 is 41.5 Å². The van der Waals surface area contributed by atoms with Gasteiger partial charge in [-0.2, -0.15) is 0 Å². The molecule has 0 spiro atoms. The largest absolute Gasteiger partial charge is 0.337 e. The number of nitrogens with one attached hydrogen (secondary N) is 1. The number of anilines is 2. The van der Waals surface area contributed by atoms with E-state index in [-0.39, 0.29) is 0 Å². The van der Waals surface area contributed by atoms with Crippen molar-refractivity contribution in [1.29, 1.82) is 0 Å². The lowest BCUT2D eigenvalue weighted by molar-refractivity contribution is 0.260. The molecular weight excluding hydrogens is 377 g/mol. The first kappa shape index (κ1) is 17.9. The molecule has 28 heavy (non-hydrogen) atoms. The van der Waals surface area contributed by atoms with Gasteiger partial charge in [0.15, 0.2) is 5.65 Å². The molecule has 0 unspecified atom stereocenters. The zero-order chi connectivity index (χ0) is 19.5. The lowest BCUT2D eigenvalue weighted by Crippen LogP contribution is -2.27. The molecule has 0 radical (unpaired) electrons. The minimum atomic E-state index is -0.533. The first-order chi connectivity index (χ1) is 13.6. The van der Waals surface area contributed by atoms with Crippen molar-refractivity contribution in [2.75, 3.05) is 9.62 Å². The molecule has 0 aliphatic rings. The number of urea groups is 1. The molecule has 0 atom stereocenters. The average molecular weight is 391 g/mol. The van der Waals surface area contributed by atoms with Gasteiger partial charge in [0, 0.05) is 5.56 Å². The topological polar surface area (TPSA) is 71.0 Å². The quantitative estimate of drug-likeness (QED) is 0.496. The molecule has 4 rings (SSSR count). The number of fused-ring (bicyclic) bond motifs is 1. The number of thiol groups is 1. The van der Waals surface area contributed by atoms with Crippen LogP contribution in [0.25, 0.3) is 22.4 Å². The summed E-state index contributed by atoms with van der Waals surface area (Å²) in [4.78, 5) is 25.7. The number of hydrogen-bond donors (Lipinski definition) is 2. The summed E-state index contributed by atoms with van der Waals surface area (Å²) < 4.78 is 14.1.